The van der Waals surface area contributed by atoms with Gasteiger partial charge in [-0.05, 0) is 31.4 Å². The maximum Gasteiger partial charge on any atom is 0.328 e. The van der Waals surface area contributed by atoms with Gasteiger partial charge in [0.2, 0.25) is 5.95 Å². The van der Waals surface area contributed by atoms with E-state index in [1.54, 1.807) is 7.05 Å². The van der Waals surface area contributed by atoms with E-state index in [0.29, 0.717) is 18.5 Å². The summed E-state index contributed by atoms with van der Waals surface area (Å²) in [7, 11) is 1.80. The third-order valence-electron chi connectivity index (χ3n) is 3.49. The smallest absolute Gasteiger partial charge is 0.328 e. The highest BCUT2D eigenvalue weighted by molar-refractivity contribution is 5.83. The first kappa shape index (κ1) is 15.4. The number of ether oxygens (including phenoxy) is 1. The molecule has 1 atom stereocenters. The van der Waals surface area contributed by atoms with Gasteiger partial charge < -0.3 is 10.1 Å². The number of imidazole rings is 1. The summed E-state index contributed by atoms with van der Waals surface area (Å²) in [6.07, 6.45) is 0.877. The Bertz CT molecular complexity index is 619. The average Bonchev–Trinajstić information content (AvgIpc) is 2.84. The van der Waals surface area contributed by atoms with E-state index in [1.165, 1.54) is 0 Å². The van der Waals surface area contributed by atoms with Crippen LogP contribution in [0.4, 0.5) is 5.95 Å². The highest BCUT2D eigenvalue weighted by Crippen LogP contribution is 2.24. The minimum atomic E-state index is -0.410. The summed E-state index contributed by atoms with van der Waals surface area (Å²) < 4.78 is 7.25. The van der Waals surface area contributed by atoms with E-state index in [9.17, 15) is 4.79 Å². The number of fused-ring (bicyclic) bond motifs is 1. The number of para-hydroxylation sites is 2. The lowest BCUT2D eigenvalue weighted by Crippen LogP contribution is -2.21. The molecule has 1 aromatic heterocycles. The van der Waals surface area contributed by atoms with Crippen LogP contribution in [0.15, 0.2) is 24.3 Å². The Morgan fingerprint density at radius 1 is 1.33 bits per heavy atom. The number of carbonyl (C=O) groups is 1. The maximum atomic E-state index is 12.2. The van der Waals surface area contributed by atoms with Crippen LogP contribution in [0.5, 0.6) is 0 Å². The molecule has 5 heteroatoms. The third-order valence-corrected chi connectivity index (χ3v) is 3.49. The third kappa shape index (κ3) is 3.35. The lowest BCUT2D eigenvalue weighted by Gasteiger charge is -2.16. The fourth-order valence-corrected chi connectivity index (χ4v) is 2.23. The average molecular weight is 289 g/mol. The summed E-state index contributed by atoms with van der Waals surface area (Å²) in [4.78, 5) is 16.7. The second-order valence-corrected chi connectivity index (χ2v) is 5.57. The Balaban J connectivity index is 2.21. The molecule has 5 nitrogen and oxygen atoms in total. The Morgan fingerprint density at radius 3 is 2.71 bits per heavy atom. The predicted octanol–water partition coefficient (Wildman–Crippen LogP) is 3.23. The van der Waals surface area contributed by atoms with Crippen molar-refractivity contribution in [3.63, 3.8) is 0 Å². The first-order valence-electron chi connectivity index (χ1n) is 7.36. The van der Waals surface area contributed by atoms with Crippen LogP contribution in [-0.4, -0.2) is 29.2 Å². The van der Waals surface area contributed by atoms with Gasteiger partial charge in [0.15, 0.2) is 0 Å². The summed E-state index contributed by atoms with van der Waals surface area (Å²) >= 11 is 0. The van der Waals surface area contributed by atoms with Crippen molar-refractivity contribution in [3.8, 4) is 0 Å². The predicted molar refractivity (Wildman–Crippen MR) is 84.4 cm³/mol. The highest BCUT2D eigenvalue weighted by Gasteiger charge is 2.22. The van der Waals surface area contributed by atoms with Crippen molar-refractivity contribution in [3.05, 3.63) is 24.3 Å². The van der Waals surface area contributed by atoms with E-state index in [1.807, 2.05) is 35.8 Å². The van der Waals surface area contributed by atoms with E-state index < -0.39 is 6.04 Å². The molecule has 0 radical (unpaired) electrons. The van der Waals surface area contributed by atoms with Crippen molar-refractivity contribution in [1.82, 2.24) is 9.55 Å². The van der Waals surface area contributed by atoms with Crippen molar-refractivity contribution >= 4 is 23.0 Å². The quantitative estimate of drug-likeness (QED) is 0.830. The molecule has 21 heavy (non-hydrogen) atoms. The van der Waals surface area contributed by atoms with Gasteiger partial charge in [-0.3, -0.25) is 4.57 Å². The summed E-state index contributed by atoms with van der Waals surface area (Å²) in [5.41, 5.74) is 1.79. The van der Waals surface area contributed by atoms with Crippen molar-refractivity contribution < 1.29 is 9.53 Å². The van der Waals surface area contributed by atoms with Crippen LogP contribution in [0.2, 0.25) is 0 Å². The molecule has 0 saturated carbocycles. The Morgan fingerprint density at radius 2 is 2.05 bits per heavy atom. The van der Waals surface area contributed by atoms with Gasteiger partial charge in [0, 0.05) is 7.05 Å². The van der Waals surface area contributed by atoms with Crippen molar-refractivity contribution in [2.45, 2.75) is 33.2 Å². The van der Waals surface area contributed by atoms with Gasteiger partial charge in [0.1, 0.15) is 6.04 Å². The molecular weight excluding hydrogens is 266 g/mol. The molecule has 1 aromatic carbocycles. The molecule has 1 N–H and O–H groups in total. The van der Waals surface area contributed by atoms with Gasteiger partial charge in [-0.1, -0.05) is 26.0 Å². The van der Waals surface area contributed by atoms with Gasteiger partial charge in [-0.15, -0.1) is 0 Å². The second-order valence-electron chi connectivity index (χ2n) is 5.57. The van der Waals surface area contributed by atoms with Crippen molar-refractivity contribution in [1.29, 1.82) is 0 Å². The maximum absolute atomic E-state index is 12.2. The molecule has 2 aromatic rings. The minimum Gasteiger partial charge on any atom is -0.464 e. The molecule has 0 bridgehead atoms. The standard InChI is InChI=1S/C16H23N3O2/c1-11(2)9-10-21-15(20)12(3)19-14-8-6-5-7-13(14)18-16(19)17-4/h5-8,11-12H,9-10H2,1-4H3,(H,17,18). The Hall–Kier alpha value is -2.04. The normalized spacial score (nSPS) is 12.6. The Kier molecular flexibility index (Phi) is 4.83. The number of nitrogens with one attached hydrogen (secondary N) is 1. The van der Waals surface area contributed by atoms with Gasteiger partial charge in [-0.25, -0.2) is 9.78 Å². The summed E-state index contributed by atoms with van der Waals surface area (Å²) in [6, 6.07) is 7.36. The molecule has 0 spiro atoms. The van der Waals surface area contributed by atoms with Crippen LogP contribution in [0.25, 0.3) is 11.0 Å². The molecule has 114 valence electrons. The molecule has 0 aliphatic heterocycles. The van der Waals surface area contributed by atoms with Gasteiger partial charge in [0.05, 0.1) is 17.6 Å². The zero-order valence-corrected chi connectivity index (χ0v) is 13.1. The SMILES string of the molecule is CNc1nc2ccccc2n1C(C)C(=O)OCCC(C)C. The van der Waals surface area contributed by atoms with E-state index in [4.69, 9.17) is 4.74 Å². The fraction of sp³-hybridized carbons (Fsp3) is 0.500. The van der Waals surface area contributed by atoms with Crippen LogP contribution < -0.4 is 5.32 Å². The summed E-state index contributed by atoms with van der Waals surface area (Å²) in [5, 5.41) is 3.04. The molecule has 1 unspecified atom stereocenters. The van der Waals surface area contributed by atoms with E-state index in [-0.39, 0.29) is 5.97 Å². The monoisotopic (exact) mass is 289 g/mol. The van der Waals surface area contributed by atoms with Crippen LogP contribution in [0.3, 0.4) is 0 Å². The van der Waals surface area contributed by atoms with Crippen LogP contribution in [0.1, 0.15) is 33.2 Å². The van der Waals surface area contributed by atoms with Crippen LogP contribution in [-0.2, 0) is 9.53 Å². The molecule has 0 aliphatic carbocycles. The number of rotatable bonds is 6. The van der Waals surface area contributed by atoms with Gasteiger partial charge >= 0.3 is 5.97 Å². The largest absolute Gasteiger partial charge is 0.464 e. The zero-order chi connectivity index (χ0) is 15.4. The number of hydrogen-bond donors (Lipinski definition) is 1. The summed E-state index contributed by atoms with van der Waals surface area (Å²) in [5.74, 6) is 0.967. The lowest BCUT2D eigenvalue weighted by molar-refractivity contribution is -0.147. The number of nitrogens with zero attached hydrogens (tertiary/aromatic N) is 2. The molecule has 0 fully saturated rings. The fourth-order valence-electron chi connectivity index (χ4n) is 2.23. The zero-order valence-electron chi connectivity index (χ0n) is 13.1. The first-order chi connectivity index (χ1) is 10.0. The number of anilines is 1. The van der Waals surface area contributed by atoms with E-state index in [2.05, 4.69) is 24.1 Å². The molecule has 0 saturated heterocycles. The molecule has 0 amide bonds. The number of hydrogen-bond acceptors (Lipinski definition) is 4. The van der Waals surface area contributed by atoms with Gasteiger partial charge in [0.25, 0.3) is 0 Å². The van der Waals surface area contributed by atoms with Crippen molar-refractivity contribution in [2.24, 2.45) is 5.92 Å². The van der Waals surface area contributed by atoms with Crippen LogP contribution >= 0.6 is 0 Å². The molecular formula is C16H23N3O2. The molecule has 0 aliphatic rings. The first-order valence-corrected chi connectivity index (χ1v) is 7.36. The lowest BCUT2D eigenvalue weighted by atomic mass is 10.1. The Labute approximate surface area is 125 Å². The number of esters is 1. The minimum absolute atomic E-state index is 0.227. The molecule has 1 heterocycles. The van der Waals surface area contributed by atoms with E-state index in [0.717, 1.165) is 17.5 Å². The topological polar surface area (TPSA) is 56.2 Å². The summed E-state index contributed by atoms with van der Waals surface area (Å²) in [6.45, 7) is 6.52. The van der Waals surface area contributed by atoms with Gasteiger partial charge in [-0.2, -0.15) is 0 Å². The van der Waals surface area contributed by atoms with Crippen molar-refractivity contribution in [2.75, 3.05) is 19.0 Å². The van der Waals surface area contributed by atoms with Crippen LogP contribution in [0, 0.1) is 5.92 Å². The number of aromatic nitrogens is 2. The van der Waals surface area contributed by atoms with E-state index >= 15 is 0 Å². The highest BCUT2D eigenvalue weighted by atomic mass is 16.5. The number of benzene rings is 1. The molecule has 2 rings (SSSR count). The second kappa shape index (κ2) is 6.61. The number of carbonyl (C=O) groups excluding carboxylic acids is 1.